The molecule has 214 valence electrons. The van der Waals surface area contributed by atoms with E-state index in [0.29, 0.717) is 35.5 Å². The number of fused-ring (bicyclic) bond motifs is 1. The lowest BCUT2D eigenvalue weighted by atomic mass is 10.0. The van der Waals surface area contributed by atoms with Gasteiger partial charge in [0.05, 0.1) is 19.4 Å². The van der Waals surface area contributed by atoms with E-state index < -0.39 is 11.9 Å². The van der Waals surface area contributed by atoms with Gasteiger partial charge in [-0.3, -0.25) is 4.79 Å². The van der Waals surface area contributed by atoms with Crippen molar-refractivity contribution in [1.29, 1.82) is 0 Å². The summed E-state index contributed by atoms with van der Waals surface area (Å²) in [5, 5.41) is 3.57. The van der Waals surface area contributed by atoms with Gasteiger partial charge in [-0.15, -0.1) is 0 Å². The number of carbonyl (C=O) groups is 2. The molecule has 0 fully saturated rings. The second kappa shape index (κ2) is 14.0. The third-order valence-corrected chi connectivity index (χ3v) is 6.41. The van der Waals surface area contributed by atoms with Crippen LogP contribution >= 0.6 is 0 Å². The second-order valence-electron chi connectivity index (χ2n) is 9.38. The Morgan fingerprint density at radius 1 is 0.951 bits per heavy atom. The molecule has 0 spiro atoms. The molecule has 11 heteroatoms. The molecule has 2 aromatic heterocycles. The molecule has 0 unspecified atom stereocenters. The molecule has 0 saturated carbocycles. The standard InChI is InChI=1S/C30H32FN5O5/c1-19-22-14-20(21-15-23(31)29(39-2)33-17-21)16-26(28(22)35-18-34-19)40-13-9-5-3-4-6-12-27(37)36-24-10-7-8-11-25(24)41-30(32)38/h7-8,10-11,14-18H,3-6,9,12-13H2,1-2H3,(H2,32,38)(H,36,37). The van der Waals surface area contributed by atoms with Crippen molar-refractivity contribution in [2.75, 3.05) is 19.0 Å². The third kappa shape index (κ3) is 7.87. The predicted octanol–water partition coefficient (Wildman–Crippen LogP) is 5.96. The first-order valence-electron chi connectivity index (χ1n) is 13.3. The number of para-hydroxylation sites is 2. The lowest BCUT2D eigenvalue weighted by Gasteiger charge is -2.13. The van der Waals surface area contributed by atoms with E-state index in [1.807, 2.05) is 19.1 Å². The molecule has 0 aliphatic rings. The molecular formula is C30H32FN5O5. The van der Waals surface area contributed by atoms with Crippen LogP contribution in [0.15, 0.2) is 55.0 Å². The number of pyridine rings is 1. The highest BCUT2D eigenvalue weighted by Crippen LogP contribution is 2.33. The molecule has 0 atom stereocenters. The van der Waals surface area contributed by atoms with E-state index in [2.05, 4.69) is 20.3 Å². The summed E-state index contributed by atoms with van der Waals surface area (Å²) in [5.41, 5.74) is 8.28. The predicted molar refractivity (Wildman–Crippen MR) is 152 cm³/mol. The van der Waals surface area contributed by atoms with Gasteiger partial charge in [0, 0.05) is 29.3 Å². The Balaban J connectivity index is 1.26. The summed E-state index contributed by atoms with van der Waals surface area (Å²) in [7, 11) is 1.37. The normalized spacial score (nSPS) is 10.8. The number of halogens is 1. The molecular weight excluding hydrogens is 529 g/mol. The number of rotatable bonds is 13. The van der Waals surface area contributed by atoms with Crippen LogP contribution in [0.3, 0.4) is 0 Å². The highest BCUT2D eigenvalue weighted by atomic mass is 19.1. The highest BCUT2D eigenvalue weighted by Gasteiger charge is 2.14. The number of anilines is 1. The van der Waals surface area contributed by atoms with Crippen LogP contribution in [0.1, 0.15) is 44.2 Å². The maximum absolute atomic E-state index is 14.3. The summed E-state index contributed by atoms with van der Waals surface area (Å²) in [4.78, 5) is 36.1. The van der Waals surface area contributed by atoms with Gasteiger partial charge in [0.25, 0.3) is 0 Å². The number of carbonyl (C=O) groups excluding carboxylic acids is 2. The number of hydrogen-bond acceptors (Lipinski definition) is 8. The van der Waals surface area contributed by atoms with E-state index in [4.69, 9.17) is 19.9 Å². The minimum Gasteiger partial charge on any atom is -0.491 e. The van der Waals surface area contributed by atoms with E-state index in [0.717, 1.165) is 48.7 Å². The largest absolute Gasteiger partial charge is 0.491 e. The molecule has 3 N–H and O–H groups in total. The molecule has 0 aliphatic heterocycles. The van der Waals surface area contributed by atoms with Crippen molar-refractivity contribution in [3.63, 3.8) is 0 Å². The summed E-state index contributed by atoms with van der Waals surface area (Å²) in [6.07, 6.45) is 6.75. The monoisotopic (exact) mass is 561 g/mol. The van der Waals surface area contributed by atoms with Gasteiger partial charge in [0.15, 0.2) is 11.6 Å². The van der Waals surface area contributed by atoms with Gasteiger partial charge < -0.3 is 25.3 Å². The van der Waals surface area contributed by atoms with Crippen LogP contribution in [0.25, 0.3) is 22.0 Å². The van der Waals surface area contributed by atoms with Crippen molar-refractivity contribution in [3.05, 3.63) is 66.5 Å². The number of methoxy groups -OCH3 is 1. The minimum atomic E-state index is -0.940. The zero-order chi connectivity index (χ0) is 29.2. The first-order valence-corrected chi connectivity index (χ1v) is 13.3. The summed E-state index contributed by atoms with van der Waals surface area (Å²) >= 11 is 0. The summed E-state index contributed by atoms with van der Waals surface area (Å²) in [5.74, 6) is 0.0294. The number of aromatic nitrogens is 3. The Morgan fingerprint density at radius 3 is 2.51 bits per heavy atom. The van der Waals surface area contributed by atoms with Crippen LogP contribution in [-0.2, 0) is 4.79 Å². The lowest BCUT2D eigenvalue weighted by Crippen LogP contribution is -2.18. The van der Waals surface area contributed by atoms with Gasteiger partial charge in [0.1, 0.15) is 17.6 Å². The van der Waals surface area contributed by atoms with Crippen LogP contribution in [-0.4, -0.2) is 40.7 Å². The topological polar surface area (TPSA) is 139 Å². The van der Waals surface area contributed by atoms with Gasteiger partial charge in [0.2, 0.25) is 11.8 Å². The molecule has 4 aromatic rings. The van der Waals surface area contributed by atoms with Crippen molar-refractivity contribution >= 4 is 28.6 Å². The van der Waals surface area contributed by atoms with Gasteiger partial charge in [-0.2, -0.15) is 0 Å². The number of aryl methyl sites for hydroxylation is 1. The molecule has 41 heavy (non-hydrogen) atoms. The number of nitrogens with one attached hydrogen (secondary N) is 1. The Kier molecular flexibility index (Phi) is 9.98. The minimum absolute atomic E-state index is 0.0636. The first-order chi connectivity index (χ1) is 19.9. The molecule has 4 rings (SSSR count). The smallest absolute Gasteiger partial charge is 0.410 e. The number of unbranched alkanes of at least 4 members (excludes halogenated alkanes) is 4. The van der Waals surface area contributed by atoms with E-state index in [-0.39, 0.29) is 17.5 Å². The van der Waals surface area contributed by atoms with Crippen LogP contribution in [0, 0.1) is 12.7 Å². The number of nitrogens with two attached hydrogens (primary N) is 1. The average molecular weight is 562 g/mol. The fourth-order valence-electron chi connectivity index (χ4n) is 4.35. The molecule has 2 amide bonds. The molecule has 2 aromatic carbocycles. The number of hydrogen-bond donors (Lipinski definition) is 2. The van der Waals surface area contributed by atoms with Gasteiger partial charge in [-0.25, -0.2) is 24.1 Å². The molecule has 0 radical (unpaired) electrons. The zero-order valence-electron chi connectivity index (χ0n) is 23.0. The summed E-state index contributed by atoms with van der Waals surface area (Å²) in [6.45, 7) is 2.37. The molecule has 0 aliphatic carbocycles. The number of ether oxygens (including phenoxy) is 3. The first kappa shape index (κ1) is 29.2. The number of nitrogens with zero attached hydrogens (tertiary/aromatic N) is 3. The van der Waals surface area contributed by atoms with Crippen LogP contribution < -0.4 is 25.3 Å². The fourth-order valence-corrected chi connectivity index (χ4v) is 4.35. The van der Waals surface area contributed by atoms with Crippen LogP contribution in [0.5, 0.6) is 17.4 Å². The van der Waals surface area contributed by atoms with Gasteiger partial charge in [-0.1, -0.05) is 31.4 Å². The lowest BCUT2D eigenvalue weighted by molar-refractivity contribution is -0.116. The maximum atomic E-state index is 14.3. The Morgan fingerprint density at radius 2 is 1.73 bits per heavy atom. The van der Waals surface area contributed by atoms with E-state index in [1.165, 1.54) is 19.5 Å². The van der Waals surface area contributed by atoms with E-state index in [9.17, 15) is 14.0 Å². The molecule has 0 bridgehead atoms. The van der Waals surface area contributed by atoms with Crippen LogP contribution in [0.2, 0.25) is 0 Å². The Labute approximate surface area is 237 Å². The Hall–Kier alpha value is -4.80. The number of amides is 2. The molecule has 2 heterocycles. The quantitative estimate of drug-likeness (QED) is 0.191. The molecule has 0 saturated heterocycles. The van der Waals surface area contributed by atoms with Gasteiger partial charge in [-0.05, 0) is 55.7 Å². The van der Waals surface area contributed by atoms with Crippen molar-refractivity contribution in [2.24, 2.45) is 5.73 Å². The summed E-state index contributed by atoms with van der Waals surface area (Å²) < 4.78 is 30.3. The Bertz CT molecular complexity index is 1530. The van der Waals surface area contributed by atoms with Crippen molar-refractivity contribution in [2.45, 2.75) is 45.4 Å². The van der Waals surface area contributed by atoms with E-state index >= 15 is 0 Å². The van der Waals surface area contributed by atoms with E-state index in [1.54, 1.807) is 30.5 Å². The SMILES string of the molecule is COc1ncc(-c2cc(OCCCCCCCC(=O)Nc3ccccc3OC(N)=O)c3ncnc(C)c3c2)cc1F. The number of benzene rings is 2. The van der Waals surface area contributed by atoms with Crippen LogP contribution in [0.4, 0.5) is 14.9 Å². The van der Waals surface area contributed by atoms with Gasteiger partial charge >= 0.3 is 6.09 Å². The van der Waals surface area contributed by atoms with Crippen molar-refractivity contribution < 1.29 is 28.2 Å². The summed E-state index contributed by atoms with van der Waals surface area (Å²) in [6, 6.07) is 11.7. The average Bonchev–Trinajstić information content (AvgIpc) is 2.95. The van der Waals surface area contributed by atoms with Crippen molar-refractivity contribution in [1.82, 2.24) is 15.0 Å². The fraction of sp³-hybridized carbons (Fsp3) is 0.300. The number of primary amides is 1. The highest BCUT2D eigenvalue weighted by molar-refractivity contribution is 5.93. The molecule has 10 nitrogen and oxygen atoms in total. The second-order valence-corrected chi connectivity index (χ2v) is 9.38. The maximum Gasteiger partial charge on any atom is 0.410 e. The third-order valence-electron chi connectivity index (χ3n) is 6.41. The zero-order valence-corrected chi connectivity index (χ0v) is 23.0. The van der Waals surface area contributed by atoms with Crippen molar-refractivity contribution in [3.8, 4) is 28.5 Å².